The number of nitrogens with one attached hydrogen (secondary N) is 2. The molecule has 2 N–H and O–H groups in total. The third kappa shape index (κ3) is 5.70. The van der Waals surface area contributed by atoms with Gasteiger partial charge in [0.25, 0.3) is 5.91 Å². The summed E-state index contributed by atoms with van der Waals surface area (Å²) in [6.45, 7) is 2.51. The van der Waals surface area contributed by atoms with E-state index in [1.54, 1.807) is 19.1 Å². The molecule has 0 aromatic heterocycles. The third-order valence-corrected chi connectivity index (χ3v) is 3.62. The molecule has 2 rings (SSSR count). The average molecular weight is 351 g/mol. The standard InChI is InChI=1S/C17H19ClN2O4/c1-2-24-16(22)8-7-15(21)20-14-6-5-12(18)9-13(14)17(23)19-10-11-3-4-11/h5-9,11H,2-4,10H2,1H3,(H,19,23)(H,20,21). The van der Waals surface area contributed by atoms with E-state index in [9.17, 15) is 14.4 Å². The van der Waals surface area contributed by atoms with Crippen molar-refractivity contribution in [3.8, 4) is 0 Å². The van der Waals surface area contributed by atoms with Crippen LogP contribution in [0.25, 0.3) is 0 Å². The number of ether oxygens (including phenoxy) is 1. The Hall–Kier alpha value is -2.34. The van der Waals surface area contributed by atoms with Crippen LogP contribution in [-0.4, -0.2) is 30.9 Å². The summed E-state index contributed by atoms with van der Waals surface area (Å²) in [6, 6.07) is 4.61. The van der Waals surface area contributed by atoms with Gasteiger partial charge in [0.15, 0.2) is 0 Å². The zero-order chi connectivity index (χ0) is 17.5. The van der Waals surface area contributed by atoms with E-state index >= 15 is 0 Å². The Bertz CT molecular complexity index is 669. The molecule has 0 radical (unpaired) electrons. The quantitative estimate of drug-likeness (QED) is 0.584. The summed E-state index contributed by atoms with van der Waals surface area (Å²) in [5.41, 5.74) is 0.604. The Morgan fingerprint density at radius 1 is 1.29 bits per heavy atom. The summed E-state index contributed by atoms with van der Waals surface area (Å²) in [4.78, 5) is 35.4. The van der Waals surface area contributed by atoms with Crippen LogP contribution in [0.1, 0.15) is 30.1 Å². The molecule has 0 heterocycles. The van der Waals surface area contributed by atoms with E-state index in [0.29, 0.717) is 23.2 Å². The molecule has 0 saturated heterocycles. The fraction of sp³-hybridized carbons (Fsp3) is 0.353. The molecular formula is C17H19ClN2O4. The summed E-state index contributed by atoms with van der Waals surface area (Å²) < 4.78 is 4.69. The first-order valence-electron chi connectivity index (χ1n) is 7.73. The maximum absolute atomic E-state index is 12.3. The third-order valence-electron chi connectivity index (χ3n) is 3.39. The Morgan fingerprint density at radius 3 is 2.71 bits per heavy atom. The number of carbonyl (C=O) groups is 3. The summed E-state index contributed by atoms with van der Waals surface area (Å²) in [6.07, 6.45) is 4.33. The lowest BCUT2D eigenvalue weighted by Gasteiger charge is -2.11. The fourth-order valence-electron chi connectivity index (χ4n) is 1.98. The van der Waals surface area contributed by atoms with Crippen LogP contribution in [0.2, 0.25) is 5.02 Å². The molecule has 2 amide bonds. The molecule has 1 fully saturated rings. The van der Waals surface area contributed by atoms with Gasteiger partial charge in [-0.2, -0.15) is 0 Å². The van der Waals surface area contributed by atoms with E-state index in [2.05, 4.69) is 10.6 Å². The highest BCUT2D eigenvalue weighted by Gasteiger charge is 2.22. The number of anilines is 1. The van der Waals surface area contributed by atoms with Crippen molar-refractivity contribution >= 4 is 35.1 Å². The maximum Gasteiger partial charge on any atom is 0.330 e. The zero-order valence-electron chi connectivity index (χ0n) is 13.3. The van der Waals surface area contributed by atoms with E-state index in [1.165, 1.54) is 6.07 Å². The molecule has 24 heavy (non-hydrogen) atoms. The number of benzene rings is 1. The van der Waals surface area contributed by atoms with Crippen molar-refractivity contribution < 1.29 is 19.1 Å². The molecule has 0 bridgehead atoms. The summed E-state index contributed by atoms with van der Waals surface area (Å²) in [5, 5.41) is 5.79. The van der Waals surface area contributed by atoms with Crippen molar-refractivity contribution in [2.45, 2.75) is 19.8 Å². The highest BCUT2D eigenvalue weighted by Crippen LogP contribution is 2.28. The minimum atomic E-state index is -0.605. The fourth-order valence-corrected chi connectivity index (χ4v) is 2.15. The van der Waals surface area contributed by atoms with Gasteiger partial charge in [0.05, 0.1) is 17.9 Å². The molecule has 0 spiro atoms. The number of amides is 2. The van der Waals surface area contributed by atoms with Crippen molar-refractivity contribution in [2.24, 2.45) is 5.92 Å². The van der Waals surface area contributed by atoms with Gasteiger partial charge >= 0.3 is 5.97 Å². The largest absolute Gasteiger partial charge is 0.463 e. The molecule has 6 nitrogen and oxygen atoms in total. The first-order chi connectivity index (χ1) is 11.5. The highest BCUT2D eigenvalue weighted by atomic mass is 35.5. The molecule has 0 unspecified atom stereocenters. The normalized spacial score (nSPS) is 13.6. The van der Waals surface area contributed by atoms with Gasteiger partial charge in [-0.15, -0.1) is 0 Å². The van der Waals surface area contributed by atoms with E-state index < -0.39 is 11.9 Å². The Kier molecular flexibility index (Phi) is 6.37. The van der Waals surface area contributed by atoms with Crippen molar-refractivity contribution in [3.63, 3.8) is 0 Å². The van der Waals surface area contributed by atoms with Crippen LogP contribution in [0, 0.1) is 5.92 Å². The topological polar surface area (TPSA) is 84.5 Å². The van der Waals surface area contributed by atoms with Crippen molar-refractivity contribution in [1.82, 2.24) is 5.32 Å². The second-order valence-electron chi connectivity index (χ2n) is 5.42. The van der Waals surface area contributed by atoms with Gasteiger partial charge in [0, 0.05) is 23.7 Å². The van der Waals surface area contributed by atoms with Gasteiger partial charge in [0.2, 0.25) is 5.91 Å². The monoisotopic (exact) mass is 350 g/mol. The lowest BCUT2D eigenvalue weighted by molar-refractivity contribution is -0.137. The Morgan fingerprint density at radius 2 is 2.04 bits per heavy atom. The van der Waals surface area contributed by atoms with Crippen molar-refractivity contribution in [3.05, 3.63) is 40.9 Å². The molecule has 1 aliphatic carbocycles. The first-order valence-corrected chi connectivity index (χ1v) is 8.11. The molecule has 128 valence electrons. The van der Waals surface area contributed by atoms with E-state index in [-0.39, 0.29) is 18.1 Å². The molecule has 1 aromatic carbocycles. The van der Waals surface area contributed by atoms with E-state index in [0.717, 1.165) is 25.0 Å². The van der Waals surface area contributed by atoms with Gasteiger partial charge in [-0.25, -0.2) is 4.79 Å². The van der Waals surface area contributed by atoms with Crippen LogP contribution < -0.4 is 10.6 Å². The van der Waals surface area contributed by atoms with Crippen LogP contribution in [-0.2, 0) is 14.3 Å². The predicted molar refractivity (Wildman–Crippen MR) is 90.9 cm³/mol. The first kappa shape index (κ1) is 18.0. The molecule has 1 saturated carbocycles. The number of esters is 1. The number of hydrogen-bond acceptors (Lipinski definition) is 4. The zero-order valence-corrected chi connectivity index (χ0v) is 14.1. The molecule has 0 aliphatic heterocycles. The van der Waals surface area contributed by atoms with Crippen LogP contribution >= 0.6 is 11.6 Å². The molecule has 7 heteroatoms. The molecule has 1 aromatic rings. The van der Waals surface area contributed by atoms with Crippen LogP contribution in [0.15, 0.2) is 30.4 Å². The van der Waals surface area contributed by atoms with E-state index in [1.807, 2.05) is 0 Å². The van der Waals surface area contributed by atoms with Gasteiger partial charge < -0.3 is 15.4 Å². The van der Waals surface area contributed by atoms with Gasteiger partial charge in [-0.3, -0.25) is 9.59 Å². The number of rotatable bonds is 7. The maximum atomic E-state index is 12.3. The summed E-state index contributed by atoms with van der Waals surface area (Å²) in [7, 11) is 0. The van der Waals surface area contributed by atoms with Gasteiger partial charge in [0.1, 0.15) is 0 Å². The summed E-state index contributed by atoms with van der Waals surface area (Å²) in [5.74, 6) is -0.902. The highest BCUT2D eigenvalue weighted by molar-refractivity contribution is 6.31. The van der Waals surface area contributed by atoms with Crippen molar-refractivity contribution in [1.29, 1.82) is 0 Å². The average Bonchev–Trinajstić information content (AvgIpc) is 3.37. The van der Waals surface area contributed by atoms with Gasteiger partial charge in [-0.1, -0.05) is 11.6 Å². The Balaban J connectivity index is 2.04. The second kappa shape index (κ2) is 8.49. The number of carbonyl (C=O) groups excluding carboxylic acids is 3. The minimum absolute atomic E-state index is 0.229. The SMILES string of the molecule is CCOC(=O)C=CC(=O)Nc1ccc(Cl)cc1C(=O)NCC1CC1. The second-order valence-corrected chi connectivity index (χ2v) is 5.85. The Labute approximate surface area is 145 Å². The molecular weight excluding hydrogens is 332 g/mol. The predicted octanol–water partition coefficient (Wildman–Crippen LogP) is 2.54. The summed E-state index contributed by atoms with van der Waals surface area (Å²) >= 11 is 5.94. The lowest BCUT2D eigenvalue weighted by Crippen LogP contribution is -2.27. The van der Waals surface area contributed by atoms with E-state index in [4.69, 9.17) is 16.3 Å². The number of hydrogen-bond donors (Lipinski definition) is 2. The smallest absolute Gasteiger partial charge is 0.330 e. The minimum Gasteiger partial charge on any atom is -0.463 e. The number of halogens is 1. The molecule has 0 atom stereocenters. The lowest BCUT2D eigenvalue weighted by atomic mass is 10.1. The molecule has 1 aliphatic rings. The van der Waals surface area contributed by atoms with Crippen LogP contribution in [0.5, 0.6) is 0 Å². The van der Waals surface area contributed by atoms with Crippen LogP contribution in [0.3, 0.4) is 0 Å². The van der Waals surface area contributed by atoms with Gasteiger partial charge in [-0.05, 0) is 43.9 Å². The van der Waals surface area contributed by atoms with Crippen molar-refractivity contribution in [2.75, 3.05) is 18.5 Å². The van der Waals surface area contributed by atoms with Crippen LogP contribution in [0.4, 0.5) is 5.69 Å².